The third-order valence-electron chi connectivity index (χ3n) is 4.99. The van der Waals surface area contributed by atoms with Crippen LogP contribution in [0.1, 0.15) is 32.3 Å². The summed E-state index contributed by atoms with van der Waals surface area (Å²) < 4.78 is 30.4. The average Bonchev–Trinajstić information content (AvgIpc) is 2.66. The van der Waals surface area contributed by atoms with Crippen molar-refractivity contribution in [1.82, 2.24) is 5.32 Å². The van der Waals surface area contributed by atoms with E-state index in [1.165, 1.54) is 13.8 Å². The smallest absolute Gasteiger partial charge is 0.315 e. The molecule has 0 aliphatic carbocycles. The second kappa shape index (κ2) is 8.18. The van der Waals surface area contributed by atoms with Crippen LogP contribution >= 0.6 is 0 Å². The number of rotatable bonds is 7. The average molecular weight is 383 g/mol. The number of amides is 1. The Kier molecular flexibility index (Phi) is 6.41. The first-order chi connectivity index (χ1) is 12.2. The summed E-state index contributed by atoms with van der Waals surface area (Å²) in [6.45, 7) is 3.38. The van der Waals surface area contributed by atoms with Gasteiger partial charge in [-0.25, -0.2) is 8.42 Å². The summed E-state index contributed by atoms with van der Waals surface area (Å²) in [7, 11) is -3.65. The van der Waals surface area contributed by atoms with Gasteiger partial charge in [-0.3, -0.25) is 9.59 Å². The fourth-order valence-electron chi connectivity index (χ4n) is 2.96. The molecule has 2 atom stereocenters. The van der Waals surface area contributed by atoms with Crippen molar-refractivity contribution in [2.24, 2.45) is 0 Å². The molecule has 0 saturated carbocycles. The molecule has 2 N–H and O–H groups in total. The van der Waals surface area contributed by atoms with E-state index in [1.807, 2.05) is 0 Å². The minimum absolute atomic E-state index is 0.196. The molecule has 2 unspecified atom stereocenters. The number of hydrogen-bond acceptors (Lipinski definition) is 5. The zero-order chi connectivity index (χ0) is 19.4. The van der Waals surface area contributed by atoms with Crippen molar-refractivity contribution in [2.45, 2.75) is 42.6 Å². The fraction of sp³-hybridized carbons (Fsp3) is 0.556. The van der Waals surface area contributed by atoms with Gasteiger partial charge in [0, 0.05) is 19.8 Å². The highest BCUT2D eigenvalue weighted by atomic mass is 32.2. The Morgan fingerprint density at radius 3 is 2.38 bits per heavy atom. The number of aliphatic carboxylic acids is 1. The van der Waals surface area contributed by atoms with E-state index in [0.717, 1.165) is 0 Å². The molecule has 1 aromatic carbocycles. The van der Waals surface area contributed by atoms with Gasteiger partial charge in [0.25, 0.3) is 0 Å². The van der Waals surface area contributed by atoms with Gasteiger partial charge in [0.1, 0.15) is 10.7 Å². The lowest BCUT2D eigenvalue weighted by Crippen LogP contribution is -2.49. The monoisotopic (exact) mass is 383 g/mol. The molecule has 0 bridgehead atoms. The Hall–Kier alpha value is -1.93. The summed E-state index contributed by atoms with van der Waals surface area (Å²) in [5.41, 5.74) is -0.813. The predicted molar refractivity (Wildman–Crippen MR) is 96.7 cm³/mol. The van der Waals surface area contributed by atoms with Gasteiger partial charge in [0.15, 0.2) is 9.84 Å². The fourth-order valence-corrected chi connectivity index (χ4v) is 4.77. The second-order valence-corrected chi connectivity index (χ2v) is 9.32. The number of ether oxygens (including phenoxy) is 1. The van der Waals surface area contributed by atoms with Crippen LogP contribution in [0.5, 0.6) is 0 Å². The zero-order valence-corrected chi connectivity index (χ0v) is 15.8. The van der Waals surface area contributed by atoms with Crippen LogP contribution in [0.25, 0.3) is 0 Å². The van der Waals surface area contributed by atoms with E-state index in [4.69, 9.17) is 4.74 Å². The number of carbonyl (C=O) groups excluding carboxylic acids is 1. The largest absolute Gasteiger partial charge is 0.481 e. The number of nitrogens with one attached hydrogen (secondary N) is 1. The Labute approximate surface area is 153 Å². The Morgan fingerprint density at radius 2 is 1.85 bits per heavy atom. The molecule has 1 saturated heterocycles. The van der Waals surface area contributed by atoms with Crippen LogP contribution in [0, 0.1) is 0 Å². The van der Waals surface area contributed by atoms with Gasteiger partial charge in [0.2, 0.25) is 5.91 Å². The van der Waals surface area contributed by atoms with Gasteiger partial charge in [-0.1, -0.05) is 30.3 Å². The van der Waals surface area contributed by atoms with Crippen molar-refractivity contribution in [1.29, 1.82) is 0 Å². The lowest BCUT2D eigenvalue weighted by atomic mass is 9.82. The Bertz CT molecular complexity index is 742. The van der Waals surface area contributed by atoms with Crippen molar-refractivity contribution < 1.29 is 27.9 Å². The molecule has 0 radical (unpaired) electrons. The van der Waals surface area contributed by atoms with Crippen LogP contribution < -0.4 is 5.32 Å². The van der Waals surface area contributed by atoms with E-state index < -0.39 is 37.6 Å². The van der Waals surface area contributed by atoms with Crippen molar-refractivity contribution in [2.75, 3.05) is 19.8 Å². The highest BCUT2D eigenvalue weighted by Gasteiger charge is 2.39. The van der Waals surface area contributed by atoms with Gasteiger partial charge in [-0.05, 0) is 32.3 Å². The molecule has 144 valence electrons. The summed E-state index contributed by atoms with van der Waals surface area (Å²) >= 11 is 0. The maximum Gasteiger partial charge on any atom is 0.315 e. The molecule has 1 aliphatic rings. The number of carboxylic acids is 1. The maximum atomic E-state index is 12.6. The molecular weight excluding hydrogens is 358 g/mol. The third kappa shape index (κ3) is 4.24. The third-order valence-corrected chi connectivity index (χ3v) is 7.59. The van der Waals surface area contributed by atoms with Crippen molar-refractivity contribution in [3.63, 3.8) is 0 Å². The topological polar surface area (TPSA) is 110 Å². The molecule has 1 fully saturated rings. The minimum Gasteiger partial charge on any atom is -0.481 e. The molecular formula is C18H25NO6S. The summed E-state index contributed by atoms with van der Waals surface area (Å²) in [6, 6.07) is 8.55. The summed E-state index contributed by atoms with van der Waals surface area (Å²) in [6.07, 6.45) is 0.744. The summed E-state index contributed by atoms with van der Waals surface area (Å²) in [5.74, 6) is -1.77. The number of sulfone groups is 1. The van der Waals surface area contributed by atoms with E-state index in [9.17, 15) is 23.1 Å². The van der Waals surface area contributed by atoms with Crippen LogP contribution in [-0.2, 0) is 29.6 Å². The lowest BCUT2D eigenvalue weighted by Gasteiger charge is -2.28. The predicted octanol–water partition coefficient (Wildman–Crippen LogP) is 1.13. The van der Waals surface area contributed by atoms with Gasteiger partial charge in [0.05, 0.1) is 5.25 Å². The minimum atomic E-state index is -3.65. The van der Waals surface area contributed by atoms with Gasteiger partial charge < -0.3 is 15.2 Å². The number of hydrogen-bond donors (Lipinski definition) is 2. The molecule has 1 aromatic rings. The Balaban J connectivity index is 2.09. The second-order valence-electron chi connectivity index (χ2n) is 6.76. The standard InChI is InChI=1S/C18H25NO6S/c1-13(26(23,24)15-8-10-25-11-9-15)16(20)19-12-18(2,17(21)22)14-6-4-3-5-7-14/h3-7,13,15H,8-12H2,1-2H3,(H,19,20)(H,21,22). The van der Waals surface area contributed by atoms with Crippen LogP contribution in [0.2, 0.25) is 0 Å². The van der Waals surface area contributed by atoms with E-state index in [1.54, 1.807) is 30.3 Å². The van der Waals surface area contributed by atoms with Gasteiger partial charge >= 0.3 is 5.97 Å². The van der Waals surface area contributed by atoms with Crippen LogP contribution in [0.15, 0.2) is 30.3 Å². The lowest BCUT2D eigenvalue weighted by molar-refractivity contribution is -0.143. The first kappa shape index (κ1) is 20.4. The molecule has 26 heavy (non-hydrogen) atoms. The Morgan fingerprint density at radius 1 is 1.27 bits per heavy atom. The SMILES string of the molecule is CC(C(=O)NCC(C)(C(=O)O)c1ccccc1)S(=O)(=O)C1CCOCC1. The summed E-state index contributed by atoms with van der Waals surface area (Å²) in [5, 5.41) is 10.3. The highest BCUT2D eigenvalue weighted by Crippen LogP contribution is 2.24. The number of benzene rings is 1. The quantitative estimate of drug-likeness (QED) is 0.730. The van der Waals surface area contributed by atoms with E-state index in [0.29, 0.717) is 31.6 Å². The van der Waals surface area contributed by atoms with Gasteiger partial charge in [-0.2, -0.15) is 0 Å². The van der Waals surface area contributed by atoms with Gasteiger partial charge in [-0.15, -0.1) is 0 Å². The molecule has 0 aromatic heterocycles. The summed E-state index contributed by atoms with van der Waals surface area (Å²) in [4.78, 5) is 24.2. The van der Waals surface area contributed by atoms with Crippen LogP contribution in [0.4, 0.5) is 0 Å². The van der Waals surface area contributed by atoms with E-state index >= 15 is 0 Å². The molecule has 1 amide bonds. The van der Waals surface area contributed by atoms with E-state index in [-0.39, 0.29) is 6.54 Å². The molecule has 8 heteroatoms. The van der Waals surface area contributed by atoms with Crippen molar-refractivity contribution >= 4 is 21.7 Å². The van der Waals surface area contributed by atoms with Crippen molar-refractivity contribution in [3.05, 3.63) is 35.9 Å². The zero-order valence-electron chi connectivity index (χ0n) is 15.0. The van der Waals surface area contributed by atoms with Crippen LogP contribution in [-0.4, -0.2) is 55.7 Å². The number of carbonyl (C=O) groups is 2. The number of carboxylic acid groups (broad SMARTS) is 1. The molecule has 2 rings (SSSR count). The molecule has 0 spiro atoms. The van der Waals surface area contributed by atoms with E-state index in [2.05, 4.69) is 5.32 Å². The van der Waals surface area contributed by atoms with Crippen LogP contribution in [0.3, 0.4) is 0 Å². The first-order valence-electron chi connectivity index (χ1n) is 8.56. The highest BCUT2D eigenvalue weighted by molar-refractivity contribution is 7.93. The first-order valence-corrected chi connectivity index (χ1v) is 10.2. The molecule has 7 nitrogen and oxygen atoms in total. The van der Waals surface area contributed by atoms with Crippen molar-refractivity contribution in [3.8, 4) is 0 Å². The normalized spacial score (nSPS) is 19.3. The molecule has 1 heterocycles. The molecule has 1 aliphatic heterocycles. The maximum absolute atomic E-state index is 12.6.